The van der Waals surface area contributed by atoms with Gasteiger partial charge in [0.25, 0.3) is 0 Å². The summed E-state index contributed by atoms with van der Waals surface area (Å²) in [6, 6.07) is 36.7. The number of carbonyl (C=O) groups excluding carboxylic acids is 12. The number of nitrogens with one attached hydrogen (secondary N) is 8. The maximum absolute atomic E-state index is 13.0. The molecule has 0 aliphatic carbocycles. The number of Topliss-reactive ketones (excluding diaryl/α,β-unsaturated/α-hetero) is 1. The molecule has 4 aliphatic rings. The first kappa shape index (κ1) is 130. The molecule has 4 heterocycles. The molecule has 32 heteroatoms. The lowest BCUT2D eigenvalue weighted by Crippen LogP contribution is -2.29. The lowest BCUT2D eigenvalue weighted by molar-refractivity contribution is -0.144. The van der Waals surface area contributed by atoms with Crippen molar-refractivity contribution in [3.8, 4) is 46.0 Å². The molecule has 0 saturated heterocycles. The fourth-order valence-electron chi connectivity index (χ4n) is 16.5. The minimum absolute atomic E-state index is 0. The lowest BCUT2D eigenvalue weighted by atomic mass is 9.89. The van der Waals surface area contributed by atoms with Crippen LogP contribution < -0.4 is 80.4 Å². The molecule has 8 aromatic rings. The van der Waals surface area contributed by atoms with E-state index in [2.05, 4.69) is 42.5 Å². The Morgan fingerprint density at radius 2 is 0.685 bits per heavy atom. The normalized spacial score (nSPS) is 13.5. The maximum atomic E-state index is 13.0. The van der Waals surface area contributed by atoms with E-state index in [0.29, 0.717) is 158 Å². The number of anilines is 4. The van der Waals surface area contributed by atoms with E-state index in [1.165, 1.54) is 27.7 Å². The van der Waals surface area contributed by atoms with Gasteiger partial charge in [-0.1, -0.05) is 163 Å². The topological polar surface area (TPSA) is 412 Å². The summed E-state index contributed by atoms with van der Waals surface area (Å²) < 4.78 is 66.5. The molecule has 0 radical (unpaired) electrons. The molecule has 12 rings (SSSR count). The van der Waals surface area contributed by atoms with E-state index in [1.54, 1.807) is 81.9 Å². The van der Waals surface area contributed by atoms with Gasteiger partial charge in [0.1, 0.15) is 115 Å². The number of carbonyl (C=O) groups is 12. The zero-order valence-electron chi connectivity index (χ0n) is 82.0. The van der Waals surface area contributed by atoms with E-state index < -0.39 is 35.7 Å². The number of rotatable bonds is 45. The van der Waals surface area contributed by atoms with E-state index in [0.717, 1.165) is 136 Å². The fraction of sp³-hybridized carbons (Fsp3) is 0.474. The number of fused-ring (bicyclic) bond motifs is 4. The molecule has 4 atom stereocenters. The summed E-state index contributed by atoms with van der Waals surface area (Å²) in [7, 11) is 4.99. The van der Waals surface area contributed by atoms with Gasteiger partial charge in [0.05, 0.1) is 13.2 Å². The Hall–Kier alpha value is -13.9. The van der Waals surface area contributed by atoms with Crippen molar-refractivity contribution in [2.75, 3.05) is 122 Å². The number of hydrogen-bond donors (Lipinski definition) is 8. The van der Waals surface area contributed by atoms with Crippen molar-refractivity contribution in [3.63, 3.8) is 0 Å². The second-order valence-electron chi connectivity index (χ2n) is 34.4. The Morgan fingerprint density at radius 1 is 0.329 bits per heavy atom. The second kappa shape index (κ2) is 65.5. The van der Waals surface area contributed by atoms with Crippen molar-refractivity contribution >= 4 is 94.1 Å². The molecule has 32 nitrogen and oxygen atoms in total. The van der Waals surface area contributed by atoms with Gasteiger partial charge in [-0.05, 0) is 213 Å². The highest BCUT2D eigenvalue weighted by atomic mass is 16.6. The van der Waals surface area contributed by atoms with Gasteiger partial charge in [0, 0.05) is 144 Å². The number of urea groups is 1. The zero-order chi connectivity index (χ0) is 100. The van der Waals surface area contributed by atoms with Crippen LogP contribution in [0, 0.1) is 55.4 Å². The van der Waals surface area contributed by atoms with E-state index in [-0.39, 0.29) is 152 Å². The quantitative estimate of drug-likeness (QED) is 0.00998. The van der Waals surface area contributed by atoms with Crippen LogP contribution in [0.25, 0.3) is 0 Å². The Kier molecular flexibility index (Phi) is 58.4. The van der Waals surface area contributed by atoms with E-state index >= 15 is 0 Å². The van der Waals surface area contributed by atoms with Gasteiger partial charge in [-0.25, -0.2) is 9.59 Å². The minimum Gasteiger partial charge on any atom is -0.491 e. The molecule has 804 valence electrons. The molecule has 146 heavy (non-hydrogen) atoms. The molecular formula is C114H164N8O24. The van der Waals surface area contributed by atoms with Crippen LogP contribution in [-0.4, -0.2) is 172 Å². The summed E-state index contributed by atoms with van der Waals surface area (Å²) in [4.78, 5) is 144. The lowest BCUT2D eigenvalue weighted by Gasteiger charge is -2.17. The van der Waals surface area contributed by atoms with Crippen molar-refractivity contribution < 1.29 is 114 Å². The Balaban J connectivity index is 0.000000962. The fourth-order valence-corrected chi connectivity index (χ4v) is 16.5. The average molecular weight is 2030 g/mol. The minimum atomic E-state index is -0.667. The summed E-state index contributed by atoms with van der Waals surface area (Å²) in [6.45, 7) is 27.9. The Bertz CT molecular complexity index is 5660. The number of hydrogen-bond acceptors (Lipinski definition) is 25. The first-order valence-electron chi connectivity index (χ1n) is 46.9. The third-order valence-corrected chi connectivity index (χ3v) is 22.7. The molecule has 0 bridgehead atoms. The van der Waals surface area contributed by atoms with E-state index in [4.69, 9.17) is 56.8 Å². The summed E-state index contributed by atoms with van der Waals surface area (Å²) in [5.41, 5.74) is 16.1. The molecule has 0 saturated carbocycles. The third-order valence-electron chi connectivity index (χ3n) is 22.7. The predicted molar refractivity (Wildman–Crippen MR) is 577 cm³/mol. The summed E-state index contributed by atoms with van der Waals surface area (Å²) >= 11 is 0. The number of ether oxygens (including phenoxy) is 12. The first-order valence-corrected chi connectivity index (χ1v) is 46.9. The summed E-state index contributed by atoms with van der Waals surface area (Å²) in [6.07, 6.45) is 10.1. The van der Waals surface area contributed by atoms with Crippen LogP contribution in [0.2, 0.25) is 0 Å². The molecule has 7 amide bonds. The standard InChI is InChI=1S/C30H40N2O8.C28H34O8.C26H34N4O4.C22H24N2O4.8CH4/c1-20-17-21(2)28-25(18-20)27(29(34)40-28)24-19-23(9-10-26(24)38-14-13-36-4)37-15-16-39-30(35)32-12-8-6-5-7-11-31-22(3)33;1-18-15-19(2)27-23(16-18)26(28(31)36-27)22-17-21(9-10-24(22)34-12-11-32-4)33-13-14-35-25(30)8-6-5-7-20(3)29;1-16-13-17(2)24-21(14-16)23(25(32)34-24)20-15-19(9-10-22(20)27-4)30-26(33)29-12-8-6-5-7-11-28-18(3)31;1-5-6-19(26)24-18-8-7-15(23-14(4)25)11-16(18)20-17-10-12(2)9-13(3)21(17)28-22(20)27;;;;;;;;/h9-10,17-19,27H,5-8,11-16H2,1-4H3,(H,31,33)(H,32,35);9-10,15-17,26H,5-8,11-14H2,1-4H3;9-10,13-15,23,27H,5-8,11-12H2,1-4H3,(H,28,31)(H2,29,30,33);7-11,20H,5-6H2,1-4H3,(H,23,25)(H,24,26);8*1H4. The van der Waals surface area contributed by atoms with Gasteiger partial charge in [0.2, 0.25) is 23.6 Å². The van der Waals surface area contributed by atoms with Gasteiger partial charge in [0.15, 0.2) is 0 Å². The van der Waals surface area contributed by atoms with Gasteiger partial charge < -0.3 is 104 Å². The summed E-state index contributed by atoms with van der Waals surface area (Å²) in [5.74, 6) is -0.0604. The largest absolute Gasteiger partial charge is 0.491 e. The third kappa shape index (κ3) is 38.9. The summed E-state index contributed by atoms with van der Waals surface area (Å²) in [5, 5.41) is 22.8. The Morgan fingerprint density at radius 3 is 1.06 bits per heavy atom. The monoisotopic (exact) mass is 2030 g/mol. The predicted octanol–water partition coefficient (Wildman–Crippen LogP) is 22.0. The molecule has 4 aliphatic heterocycles. The molecule has 4 unspecified atom stereocenters. The zero-order valence-corrected chi connectivity index (χ0v) is 82.0. The number of alkyl carbamates (subject to hydrolysis) is 1. The van der Waals surface area contributed by atoms with Gasteiger partial charge in [-0.15, -0.1) is 0 Å². The Labute approximate surface area is 866 Å². The highest BCUT2D eigenvalue weighted by Gasteiger charge is 2.42. The number of aryl methyl sites for hydroxylation is 8. The van der Waals surface area contributed by atoms with Crippen LogP contribution in [0.3, 0.4) is 0 Å². The highest BCUT2D eigenvalue weighted by molar-refractivity contribution is 5.99. The van der Waals surface area contributed by atoms with Crippen LogP contribution in [0.15, 0.2) is 121 Å². The van der Waals surface area contributed by atoms with Crippen LogP contribution in [-0.2, 0) is 66.9 Å². The smallest absolute Gasteiger partial charge is 0.407 e. The molecule has 0 fully saturated rings. The van der Waals surface area contributed by atoms with E-state index in [9.17, 15) is 57.5 Å². The average Bonchev–Trinajstić information content (AvgIpc) is 1.62. The van der Waals surface area contributed by atoms with Crippen LogP contribution in [0.1, 0.15) is 297 Å². The molecule has 0 aromatic heterocycles. The number of amides is 7. The second-order valence-corrected chi connectivity index (χ2v) is 34.4. The first-order chi connectivity index (χ1) is 66.2. The van der Waals surface area contributed by atoms with Crippen LogP contribution in [0.5, 0.6) is 46.0 Å². The number of unbranched alkanes of at least 4 members (excludes halogenated alkanes) is 7. The van der Waals surface area contributed by atoms with Crippen molar-refractivity contribution in [2.45, 2.75) is 263 Å². The van der Waals surface area contributed by atoms with Crippen LogP contribution in [0.4, 0.5) is 32.3 Å². The maximum Gasteiger partial charge on any atom is 0.407 e. The van der Waals surface area contributed by atoms with Crippen molar-refractivity contribution in [2.24, 2.45) is 0 Å². The molecule has 0 spiro atoms. The van der Waals surface area contributed by atoms with Crippen molar-refractivity contribution in [1.29, 1.82) is 0 Å². The van der Waals surface area contributed by atoms with Crippen LogP contribution >= 0.6 is 0 Å². The number of benzene rings is 8. The molecule has 8 aromatic carbocycles. The van der Waals surface area contributed by atoms with Crippen molar-refractivity contribution in [1.82, 2.24) is 21.3 Å². The molecular weight excluding hydrogens is 1870 g/mol. The van der Waals surface area contributed by atoms with E-state index in [1.807, 2.05) is 123 Å². The number of ketones is 1. The van der Waals surface area contributed by atoms with Gasteiger partial charge in [-0.2, -0.15) is 0 Å². The van der Waals surface area contributed by atoms with Gasteiger partial charge in [-0.3, -0.25) is 43.2 Å². The number of esters is 5. The SMILES string of the molecule is C.C.C.C.C.C.C.C.CCCC(=O)Nc1ccc(NC(C)=O)cc1C1C(=O)Oc2c(C)cc(C)cc21.CNc1ccc(NC(=O)NCCCCCCNC(C)=O)cc1C1C(=O)Oc2c(C)cc(C)cc21.COCCOc1ccc(OCCOC(=O)CCCCC(C)=O)cc1C1C(=O)Oc2c(C)cc(C)cc21.COCCOc1ccc(OCCOC(=O)NCCCCCCNC(C)=O)cc1C1C(=O)Oc2c(C)cc(C)cc21. The highest BCUT2D eigenvalue weighted by Crippen LogP contribution is 2.50. The number of methoxy groups -OCH3 is 2. The van der Waals surface area contributed by atoms with Crippen molar-refractivity contribution in [3.05, 3.63) is 210 Å². The van der Waals surface area contributed by atoms with Gasteiger partial charge >= 0.3 is 42.0 Å². The molecule has 8 N–H and O–H groups in total.